The van der Waals surface area contributed by atoms with E-state index in [-0.39, 0.29) is 6.61 Å². The fourth-order valence-electron chi connectivity index (χ4n) is 1.37. The van der Waals surface area contributed by atoms with Crippen LogP contribution in [0.5, 0.6) is 11.6 Å². The fraction of sp³-hybridized carbons (Fsp3) is 0.0833. The third kappa shape index (κ3) is 2.75. The maximum absolute atomic E-state index is 9.17. The van der Waals surface area contributed by atoms with Crippen LogP contribution in [0.2, 0.25) is 0 Å². The second-order valence-electron chi connectivity index (χ2n) is 3.42. The number of nitrogen functional groups attached to an aromatic ring is 1. The minimum absolute atomic E-state index is 0.0907. The SMILES string of the molecule is Nc1cc(Br)cnc1Oc1ccccc1CO. The Labute approximate surface area is 107 Å². The van der Waals surface area contributed by atoms with Crippen molar-refractivity contribution < 1.29 is 9.84 Å². The molecule has 0 aliphatic rings. The van der Waals surface area contributed by atoms with Crippen LogP contribution >= 0.6 is 15.9 Å². The summed E-state index contributed by atoms with van der Waals surface area (Å²) < 4.78 is 6.36. The number of benzene rings is 1. The van der Waals surface area contributed by atoms with Crippen molar-refractivity contribution in [2.45, 2.75) is 6.61 Å². The molecular weight excluding hydrogens is 284 g/mol. The number of pyridine rings is 1. The standard InChI is InChI=1S/C12H11BrN2O2/c13-9-5-10(14)12(15-6-9)17-11-4-2-1-3-8(11)7-16/h1-6,16H,7,14H2. The summed E-state index contributed by atoms with van der Waals surface area (Å²) in [7, 11) is 0. The normalized spacial score (nSPS) is 10.2. The summed E-state index contributed by atoms with van der Waals surface area (Å²) in [5.74, 6) is 0.880. The molecule has 0 atom stereocenters. The Morgan fingerprint density at radius 1 is 1.35 bits per heavy atom. The van der Waals surface area contributed by atoms with E-state index in [4.69, 9.17) is 10.5 Å². The average Bonchev–Trinajstić information content (AvgIpc) is 2.33. The zero-order chi connectivity index (χ0) is 12.3. The monoisotopic (exact) mass is 294 g/mol. The lowest BCUT2D eigenvalue weighted by Crippen LogP contribution is -1.97. The highest BCUT2D eigenvalue weighted by Crippen LogP contribution is 2.29. The van der Waals surface area contributed by atoms with Crippen molar-refractivity contribution >= 4 is 21.6 Å². The van der Waals surface area contributed by atoms with Crippen molar-refractivity contribution in [3.63, 3.8) is 0 Å². The third-order valence-corrected chi connectivity index (χ3v) is 2.63. The summed E-state index contributed by atoms with van der Waals surface area (Å²) in [6.45, 7) is -0.0907. The third-order valence-electron chi connectivity index (χ3n) is 2.20. The Balaban J connectivity index is 2.31. The van der Waals surface area contributed by atoms with Crippen molar-refractivity contribution in [1.29, 1.82) is 0 Å². The van der Waals surface area contributed by atoms with Gasteiger partial charge >= 0.3 is 0 Å². The zero-order valence-corrected chi connectivity index (χ0v) is 10.5. The van der Waals surface area contributed by atoms with Crippen molar-refractivity contribution in [2.24, 2.45) is 0 Å². The molecule has 4 nitrogen and oxygen atoms in total. The van der Waals surface area contributed by atoms with E-state index in [1.807, 2.05) is 12.1 Å². The van der Waals surface area contributed by atoms with Gasteiger partial charge in [0.25, 0.3) is 0 Å². The first kappa shape index (κ1) is 11.9. The summed E-state index contributed by atoms with van der Waals surface area (Å²) in [4.78, 5) is 4.07. The smallest absolute Gasteiger partial charge is 0.242 e. The first-order chi connectivity index (χ1) is 8.20. The van der Waals surface area contributed by atoms with E-state index >= 15 is 0 Å². The van der Waals surface area contributed by atoms with Gasteiger partial charge in [0, 0.05) is 16.2 Å². The van der Waals surface area contributed by atoms with E-state index in [0.29, 0.717) is 22.9 Å². The molecule has 0 amide bonds. The molecule has 1 heterocycles. The van der Waals surface area contributed by atoms with Gasteiger partial charge in [0.1, 0.15) is 5.75 Å². The summed E-state index contributed by atoms with van der Waals surface area (Å²) in [6, 6.07) is 8.91. The van der Waals surface area contributed by atoms with E-state index in [1.54, 1.807) is 24.4 Å². The molecule has 17 heavy (non-hydrogen) atoms. The number of hydrogen-bond donors (Lipinski definition) is 2. The molecule has 2 aromatic rings. The second-order valence-corrected chi connectivity index (χ2v) is 4.33. The number of anilines is 1. The van der Waals surface area contributed by atoms with Crippen LogP contribution in [0.1, 0.15) is 5.56 Å². The van der Waals surface area contributed by atoms with Crippen molar-refractivity contribution in [2.75, 3.05) is 5.73 Å². The fourth-order valence-corrected chi connectivity index (χ4v) is 1.71. The number of aliphatic hydroxyl groups excluding tert-OH is 1. The predicted octanol–water partition coefficient (Wildman–Crippen LogP) is 2.71. The molecule has 1 aromatic heterocycles. The number of ether oxygens (including phenoxy) is 1. The Hall–Kier alpha value is -1.59. The predicted molar refractivity (Wildman–Crippen MR) is 68.8 cm³/mol. The topological polar surface area (TPSA) is 68.4 Å². The molecule has 0 radical (unpaired) electrons. The number of aromatic nitrogens is 1. The highest BCUT2D eigenvalue weighted by atomic mass is 79.9. The molecule has 2 rings (SSSR count). The van der Waals surface area contributed by atoms with E-state index in [1.165, 1.54) is 0 Å². The van der Waals surface area contributed by atoms with Crippen LogP contribution in [0.4, 0.5) is 5.69 Å². The van der Waals surface area contributed by atoms with Gasteiger partial charge in [-0.05, 0) is 28.1 Å². The highest BCUT2D eigenvalue weighted by molar-refractivity contribution is 9.10. The molecular formula is C12H11BrN2O2. The number of nitrogens with zero attached hydrogens (tertiary/aromatic N) is 1. The molecule has 3 N–H and O–H groups in total. The molecule has 88 valence electrons. The molecule has 1 aromatic carbocycles. The minimum Gasteiger partial charge on any atom is -0.437 e. The molecule has 0 saturated carbocycles. The molecule has 5 heteroatoms. The Bertz CT molecular complexity index is 532. The van der Waals surface area contributed by atoms with Crippen molar-refractivity contribution in [3.8, 4) is 11.6 Å². The summed E-state index contributed by atoms with van der Waals surface area (Å²) in [5.41, 5.74) is 6.91. The van der Waals surface area contributed by atoms with Crippen LogP contribution < -0.4 is 10.5 Å². The lowest BCUT2D eigenvalue weighted by Gasteiger charge is -2.10. The quantitative estimate of drug-likeness (QED) is 0.913. The van der Waals surface area contributed by atoms with Gasteiger partial charge in [-0.2, -0.15) is 0 Å². The molecule has 0 aliphatic heterocycles. The number of rotatable bonds is 3. The molecule has 0 saturated heterocycles. The zero-order valence-electron chi connectivity index (χ0n) is 8.93. The number of hydrogen-bond acceptors (Lipinski definition) is 4. The average molecular weight is 295 g/mol. The van der Waals surface area contributed by atoms with Gasteiger partial charge in [0.05, 0.1) is 12.3 Å². The lowest BCUT2D eigenvalue weighted by atomic mass is 10.2. The second kappa shape index (κ2) is 5.16. The van der Waals surface area contributed by atoms with Gasteiger partial charge in [-0.25, -0.2) is 4.98 Å². The molecule has 0 aliphatic carbocycles. The Morgan fingerprint density at radius 3 is 2.82 bits per heavy atom. The Kier molecular flexibility index (Phi) is 3.61. The van der Waals surface area contributed by atoms with Gasteiger partial charge in [-0.1, -0.05) is 18.2 Å². The number of nitrogens with two attached hydrogens (primary N) is 1. The first-order valence-electron chi connectivity index (χ1n) is 4.98. The molecule has 0 bridgehead atoms. The maximum Gasteiger partial charge on any atom is 0.242 e. The maximum atomic E-state index is 9.17. The highest BCUT2D eigenvalue weighted by Gasteiger charge is 2.07. The van der Waals surface area contributed by atoms with Crippen molar-refractivity contribution in [1.82, 2.24) is 4.98 Å². The van der Waals surface area contributed by atoms with Gasteiger partial charge in [0.2, 0.25) is 5.88 Å². The van der Waals surface area contributed by atoms with Crippen molar-refractivity contribution in [3.05, 3.63) is 46.6 Å². The Morgan fingerprint density at radius 2 is 2.12 bits per heavy atom. The lowest BCUT2D eigenvalue weighted by molar-refractivity contribution is 0.276. The largest absolute Gasteiger partial charge is 0.437 e. The van der Waals surface area contributed by atoms with Crippen LogP contribution in [0, 0.1) is 0 Å². The van der Waals surface area contributed by atoms with E-state index in [0.717, 1.165) is 4.47 Å². The van der Waals surface area contributed by atoms with Crippen LogP contribution in [0.25, 0.3) is 0 Å². The first-order valence-corrected chi connectivity index (χ1v) is 5.77. The molecule has 0 spiro atoms. The van der Waals surface area contributed by atoms with Crippen LogP contribution in [-0.4, -0.2) is 10.1 Å². The number of aliphatic hydroxyl groups is 1. The molecule has 0 unspecified atom stereocenters. The van der Waals surface area contributed by atoms with Crippen LogP contribution in [0.15, 0.2) is 41.0 Å². The van der Waals surface area contributed by atoms with E-state index in [9.17, 15) is 5.11 Å². The molecule has 0 fully saturated rings. The van der Waals surface area contributed by atoms with Gasteiger partial charge in [0.15, 0.2) is 0 Å². The van der Waals surface area contributed by atoms with E-state index in [2.05, 4.69) is 20.9 Å². The number of para-hydroxylation sites is 1. The summed E-state index contributed by atoms with van der Waals surface area (Å²) in [6.07, 6.45) is 1.60. The van der Waals surface area contributed by atoms with Gasteiger partial charge < -0.3 is 15.6 Å². The van der Waals surface area contributed by atoms with Gasteiger partial charge in [-0.3, -0.25) is 0 Å². The van der Waals surface area contributed by atoms with Crippen LogP contribution in [-0.2, 0) is 6.61 Å². The summed E-state index contributed by atoms with van der Waals surface area (Å²) in [5, 5.41) is 9.17. The van der Waals surface area contributed by atoms with E-state index < -0.39 is 0 Å². The van der Waals surface area contributed by atoms with Gasteiger partial charge in [-0.15, -0.1) is 0 Å². The minimum atomic E-state index is -0.0907. The summed E-state index contributed by atoms with van der Waals surface area (Å²) >= 11 is 3.27. The number of halogens is 1. The van der Waals surface area contributed by atoms with Crippen LogP contribution in [0.3, 0.4) is 0 Å².